The van der Waals surface area contributed by atoms with E-state index in [9.17, 15) is 9.59 Å². The maximum Gasteiger partial charge on any atom is 0.320 e. The first-order chi connectivity index (χ1) is 6.67. The van der Waals surface area contributed by atoms with Crippen LogP contribution in [-0.2, 0) is 19.1 Å². The molecular formula is C10H18O4. The Labute approximate surface area is 84.6 Å². The molecule has 1 unspecified atom stereocenters. The predicted molar refractivity (Wildman–Crippen MR) is 51.7 cm³/mol. The normalized spacial score (nSPS) is 11.9. The van der Waals surface area contributed by atoms with Gasteiger partial charge < -0.3 is 9.47 Å². The lowest BCUT2D eigenvalue weighted by Crippen LogP contribution is -2.27. The van der Waals surface area contributed by atoms with Gasteiger partial charge in [-0.15, -0.1) is 0 Å². The minimum absolute atomic E-state index is 0.288. The zero-order valence-electron chi connectivity index (χ0n) is 9.04. The summed E-state index contributed by atoms with van der Waals surface area (Å²) in [5.74, 6) is -1.73. The summed E-state index contributed by atoms with van der Waals surface area (Å²) in [7, 11) is 0. The number of carbonyl (C=O) groups is 2. The van der Waals surface area contributed by atoms with E-state index < -0.39 is 17.9 Å². The average molecular weight is 202 g/mol. The Hall–Kier alpha value is -1.06. The van der Waals surface area contributed by atoms with Gasteiger partial charge in [0.15, 0.2) is 5.92 Å². The van der Waals surface area contributed by atoms with Crippen LogP contribution in [0.25, 0.3) is 0 Å². The van der Waals surface area contributed by atoms with Crippen molar-refractivity contribution in [1.29, 1.82) is 0 Å². The van der Waals surface area contributed by atoms with Crippen molar-refractivity contribution in [2.75, 3.05) is 13.2 Å². The standard InChI is InChI=1S/C10H18O4/c1-4-7-14-10(12)8(5-2)9(11)13-6-3/h8H,4-7H2,1-3H3. The number of ether oxygens (including phenoxy) is 2. The molecule has 0 heterocycles. The monoisotopic (exact) mass is 202 g/mol. The molecule has 0 saturated heterocycles. The lowest BCUT2D eigenvalue weighted by Gasteiger charge is -2.12. The van der Waals surface area contributed by atoms with Gasteiger partial charge in [-0.2, -0.15) is 0 Å². The summed E-state index contributed by atoms with van der Waals surface area (Å²) in [6.45, 7) is 6.01. The molecule has 0 N–H and O–H groups in total. The molecule has 0 saturated carbocycles. The largest absolute Gasteiger partial charge is 0.465 e. The highest BCUT2D eigenvalue weighted by Crippen LogP contribution is 2.08. The summed E-state index contributed by atoms with van der Waals surface area (Å²) in [6, 6.07) is 0. The average Bonchev–Trinajstić information content (AvgIpc) is 2.16. The summed E-state index contributed by atoms with van der Waals surface area (Å²) in [5, 5.41) is 0. The van der Waals surface area contributed by atoms with Crippen molar-refractivity contribution < 1.29 is 19.1 Å². The number of esters is 2. The fourth-order valence-electron chi connectivity index (χ4n) is 0.976. The molecule has 0 spiro atoms. The number of hydrogen-bond donors (Lipinski definition) is 0. The lowest BCUT2D eigenvalue weighted by molar-refractivity contribution is -0.162. The Morgan fingerprint density at radius 2 is 1.64 bits per heavy atom. The van der Waals surface area contributed by atoms with Gasteiger partial charge in [-0.3, -0.25) is 9.59 Å². The van der Waals surface area contributed by atoms with Crippen molar-refractivity contribution >= 4 is 11.9 Å². The highest BCUT2D eigenvalue weighted by Gasteiger charge is 2.27. The van der Waals surface area contributed by atoms with Crippen molar-refractivity contribution in [3.8, 4) is 0 Å². The molecule has 0 fully saturated rings. The topological polar surface area (TPSA) is 52.6 Å². The minimum Gasteiger partial charge on any atom is -0.465 e. The first-order valence-electron chi connectivity index (χ1n) is 5.00. The molecule has 0 bridgehead atoms. The molecule has 0 radical (unpaired) electrons. The Balaban J connectivity index is 4.10. The summed E-state index contributed by atoms with van der Waals surface area (Å²) < 4.78 is 9.63. The van der Waals surface area contributed by atoms with Crippen molar-refractivity contribution in [2.45, 2.75) is 33.6 Å². The van der Waals surface area contributed by atoms with Crippen LogP contribution in [0, 0.1) is 5.92 Å². The predicted octanol–water partition coefficient (Wildman–Crippen LogP) is 1.53. The van der Waals surface area contributed by atoms with E-state index in [-0.39, 0.29) is 6.61 Å². The number of rotatable bonds is 6. The van der Waals surface area contributed by atoms with Crippen molar-refractivity contribution in [3.63, 3.8) is 0 Å². The van der Waals surface area contributed by atoms with Crippen LogP contribution in [0.2, 0.25) is 0 Å². The van der Waals surface area contributed by atoms with E-state index in [1.165, 1.54) is 0 Å². The fraction of sp³-hybridized carbons (Fsp3) is 0.800. The van der Waals surface area contributed by atoms with E-state index in [1.807, 2.05) is 6.92 Å². The van der Waals surface area contributed by atoms with Crippen LogP contribution in [-0.4, -0.2) is 25.2 Å². The fourth-order valence-corrected chi connectivity index (χ4v) is 0.976. The Morgan fingerprint density at radius 3 is 2.07 bits per heavy atom. The molecule has 0 aromatic carbocycles. The Bertz CT molecular complexity index is 189. The van der Waals surface area contributed by atoms with Crippen LogP contribution in [0.4, 0.5) is 0 Å². The number of hydrogen-bond acceptors (Lipinski definition) is 4. The van der Waals surface area contributed by atoms with Crippen molar-refractivity contribution in [3.05, 3.63) is 0 Å². The second-order valence-electron chi connectivity index (χ2n) is 2.88. The van der Waals surface area contributed by atoms with Crippen LogP contribution < -0.4 is 0 Å². The highest BCUT2D eigenvalue weighted by molar-refractivity contribution is 5.94. The van der Waals surface area contributed by atoms with Crippen LogP contribution in [0.15, 0.2) is 0 Å². The third-order valence-electron chi connectivity index (χ3n) is 1.71. The molecule has 0 aliphatic heterocycles. The third-order valence-corrected chi connectivity index (χ3v) is 1.71. The summed E-state index contributed by atoms with van der Waals surface area (Å²) >= 11 is 0. The first kappa shape index (κ1) is 12.9. The SMILES string of the molecule is CCCOC(=O)C(CC)C(=O)OCC. The van der Waals surface area contributed by atoms with E-state index in [4.69, 9.17) is 9.47 Å². The minimum atomic E-state index is -0.763. The third kappa shape index (κ3) is 4.25. The zero-order valence-corrected chi connectivity index (χ0v) is 9.04. The molecule has 1 atom stereocenters. The molecule has 14 heavy (non-hydrogen) atoms. The van der Waals surface area contributed by atoms with Gasteiger partial charge in [-0.25, -0.2) is 0 Å². The van der Waals surface area contributed by atoms with E-state index in [1.54, 1.807) is 13.8 Å². The summed E-state index contributed by atoms with van der Waals surface area (Å²) in [4.78, 5) is 22.6. The highest BCUT2D eigenvalue weighted by atomic mass is 16.6. The van der Waals surface area contributed by atoms with Gasteiger partial charge in [0.05, 0.1) is 13.2 Å². The van der Waals surface area contributed by atoms with Crippen LogP contribution in [0.3, 0.4) is 0 Å². The summed E-state index contributed by atoms with van der Waals surface area (Å²) in [6.07, 6.45) is 1.17. The van der Waals surface area contributed by atoms with E-state index >= 15 is 0 Å². The summed E-state index contributed by atoms with van der Waals surface area (Å²) in [5.41, 5.74) is 0. The van der Waals surface area contributed by atoms with E-state index in [0.717, 1.165) is 6.42 Å². The molecule has 0 aromatic rings. The molecule has 0 amide bonds. The Morgan fingerprint density at radius 1 is 1.07 bits per heavy atom. The zero-order chi connectivity index (χ0) is 11.0. The van der Waals surface area contributed by atoms with E-state index in [2.05, 4.69) is 0 Å². The molecule has 0 aliphatic rings. The van der Waals surface area contributed by atoms with Gasteiger partial charge in [0, 0.05) is 0 Å². The molecule has 0 aliphatic carbocycles. The van der Waals surface area contributed by atoms with E-state index in [0.29, 0.717) is 13.0 Å². The maximum atomic E-state index is 11.3. The van der Waals surface area contributed by atoms with Gasteiger partial charge in [0.25, 0.3) is 0 Å². The van der Waals surface area contributed by atoms with Crippen molar-refractivity contribution in [1.82, 2.24) is 0 Å². The number of carbonyl (C=O) groups excluding carboxylic acids is 2. The second-order valence-corrected chi connectivity index (χ2v) is 2.88. The van der Waals surface area contributed by atoms with Crippen LogP contribution >= 0.6 is 0 Å². The first-order valence-corrected chi connectivity index (χ1v) is 5.00. The second kappa shape index (κ2) is 7.35. The molecule has 0 rings (SSSR count). The van der Waals surface area contributed by atoms with Gasteiger partial charge in [0.1, 0.15) is 0 Å². The van der Waals surface area contributed by atoms with Gasteiger partial charge in [-0.05, 0) is 19.8 Å². The molecular weight excluding hydrogens is 184 g/mol. The molecule has 4 heteroatoms. The quantitative estimate of drug-likeness (QED) is 0.484. The van der Waals surface area contributed by atoms with Gasteiger partial charge in [0.2, 0.25) is 0 Å². The van der Waals surface area contributed by atoms with Gasteiger partial charge in [-0.1, -0.05) is 13.8 Å². The van der Waals surface area contributed by atoms with Crippen molar-refractivity contribution in [2.24, 2.45) is 5.92 Å². The lowest BCUT2D eigenvalue weighted by atomic mass is 10.1. The molecule has 82 valence electrons. The van der Waals surface area contributed by atoms with Crippen LogP contribution in [0.5, 0.6) is 0 Å². The molecule has 4 nitrogen and oxygen atoms in total. The smallest absolute Gasteiger partial charge is 0.320 e. The van der Waals surface area contributed by atoms with Crippen LogP contribution in [0.1, 0.15) is 33.6 Å². The Kier molecular flexibility index (Phi) is 6.80. The van der Waals surface area contributed by atoms with Gasteiger partial charge >= 0.3 is 11.9 Å². The maximum absolute atomic E-state index is 11.3. The molecule has 0 aromatic heterocycles.